The van der Waals surface area contributed by atoms with Crippen LogP contribution in [0.5, 0.6) is 5.75 Å². The highest BCUT2D eigenvalue weighted by atomic mass is 19.1. The maximum Gasteiger partial charge on any atom is 0.259 e. The van der Waals surface area contributed by atoms with E-state index in [2.05, 4.69) is 45.7 Å². The van der Waals surface area contributed by atoms with Crippen LogP contribution >= 0.6 is 0 Å². The minimum Gasteiger partial charge on any atom is -0.493 e. The highest BCUT2D eigenvalue weighted by Gasteiger charge is 2.18. The van der Waals surface area contributed by atoms with E-state index in [1.54, 1.807) is 12.4 Å². The topological polar surface area (TPSA) is 79.3 Å². The van der Waals surface area contributed by atoms with E-state index in [-0.39, 0.29) is 11.4 Å². The number of ether oxygens (including phenoxy) is 1. The van der Waals surface area contributed by atoms with Crippen molar-refractivity contribution in [2.24, 2.45) is 0 Å². The number of imidazole rings is 1. The van der Waals surface area contributed by atoms with Gasteiger partial charge in [0, 0.05) is 39.3 Å². The lowest BCUT2D eigenvalue weighted by Gasteiger charge is -2.34. The molecule has 0 amide bonds. The largest absolute Gasteiger partial charge is 0.493 e. The van der Waals surface area contributed by atoms with Crippen LogP contribution in [0.4, 0.5) is 4.39 Å². The van der Waals surface area contributed by atoms with Crippen molar-refractivity contribution in [3.05, 3.63) is 88.2 Å². The molecule has 41 heavy (non-hydrogen) atoms. The molecule has 0 spiro atoms. The van der Waals surface area contributed by atoms with Gasteiger partial charge in [-0.2, -0.15) is 0 Å². The first-order valence-electron chi connectivity index (χ1n) is 14.3. The van der Waals surface area contributed by atoms with Gasteiger partial charge in [0.05, 0.1) is 40.4 Å². The van der Waals surface area contributed by atoms with E-state index in [1.807, 2.05) is 28.8 Å². The lowest BCUT2D eigenvalue weighted by atomic mass is 10.1. The van der Waals surface area contributed by atoms with Crippen LogP contribution in [0.15, 0.2) is 65.7 Å². The standard InChI is InChI=1S/C32H35FN6O2/c1-3-14-41-30-9-8-23(19-38-12-10-37(4-2)11-13-38)16-26(30)31-35-27-18-28-29(17-25(27)32(40)36-31)39(21-34-28)20-22-6-5-7-24(33)15-22/h5-9,15-18,21H,3-4,10-14,19-20H2,1-2H3,(H,35,36,40). The van der Waals surface area contributed by atoms with Gasteiger partial charge in [-0.1, -0.05) is 32.0 Å². The number of hydrogen-bond donors (Lipinski definition) is 1. The molecule has 1 aliphatic heterocycles. The van der Waals surface area contributed by atoms with Crippen molar-refractivity contribution in [1.82, 2.24) is 29.3 Å². The molecule has 1 fully saturated rings. The summed E-state index contributed by atoms with van der Waals surface area (Å²) in [5.74, 6) is 0.898. The number of fused-ring (bicyclic) bond motifs is 2. The predicted molar refractivity (Wildman–Crippen MR) is 160 cm³/mol. The quantitative estimate of drug-likeness (QED) is 0.275. The molecule has 5 aromatic rings. The molecule has 0 atom stereocenters. The van der Waals surface area contributed by atoms with Crippen molar-refractivity contribution in [3.8, 4) is 17.1 Å². The monoisotopic (exact) mass is 554 g/mol. The molecular weight excluding hydrogens is 519 g/mol. The van der Waals surface area contributed by atoms with E-state index < -0.39 is 0 Å². The summed E-state index contributed by atoms with van der Waals surface area (Å²) in [5, 5.41) is 0.475. The number of piperazine rings is 1. The van der Waals surface area contributed by atoms with Crippen LogP contribution in [-0.4, -0.2) is 68.6 Å². The average Bonchev–Trinajstić information content (AvgIpc) is 3.37. The molecule has 1 saturated heterocycles. The van der Waals surface area contributed by atoms with Gasteiger partial charge in [0.2, 0.25) is 0 Å². The Kier molecular flexibility index (Phi) is 7.80. The number of rotatable bonds is 9. The highest BCUT2D eigenvalue weighted by Crippen LogP contribution is 2.31. The molecule has 0 radical (unpaired) electrons. The Hall–Kier alpha value is -4.08. The Balaban J connectivity index is 1.35. The Morgan fingerprint density at radius 1 is 0.927 bits per heavy atom. The number of H-pyrrole nitrogens is 1. The van der Waals surface area contributed by atoms with Gasteiger partial charge in [0.15, 0.2) is 0 Å². The van der Waals surface area contributed by atoms with Gasteiger partial charge in [0.25, 0.3) is 5.56 Å². The lowest BCUT2D eigenvalue weighted by molar-refractivity contribution is 0.132. The molecule has 3 aromatic carbocycles. The van der Waals surface area contributed by atoms with Crippen LogP contribution in [0.25, 0.3) is 33.3 Å². The molecule has 6 rings (SSSR count). The van der Waals surface area contributed by atoms with Gasteiger partial charge < -0.3 is 19.2 Å². The van der Waals surface area contributed by atoms with E-state index in [0.717, 1.165) is 73.4 Å². The van der Waals surface area contributed by atoms with E-state index in [0.29, 0.717) is 35.6 Å². The maximum atomic E-state index is 13.7. The Morgan fingerprint density at radius 2 is 1.73 bits per heavy atom. The van der Waals surface area contributed by atoms with Gasteiger partial charge in [-0.3, -0.25) is 9.69 Å². The van der Waals surface area contributed by atoms with E-state index in [1.165, 1.54) is 12.1 Å². The summed E-state index contributed by atoms with van der Waals surface area (Å²) in [6, 6.07) is 16.3. The van der Waals surface area contributed by atoms with Gasteiger partial charge in [-0.15, -0.1) is 0 Å². The molecule has 0 bridgehead atoms. The third kappa shape index (κ3) is 5.87. The van der Waals surface area contributed by atoms with Crippen molar-refractivity contribution >= 4 is 21.9 Å². The fourth-order valence-corrected chi connectivity index (χ4v) is 5.50. The molecule has 8 nitrogen and oxygen atoms in total. The molecule has 3 heterocycles. The third-order valence-electron chi connectivity index (χ3n) is 7.77. The molecule has 1 N–H and O–H groups in total. The van der Waals surface area contributed by atoms with E-state index in [9.17, 15) is 9.18 Å². The number of likely N-dealkylation sites (N-methyl/N-ethyl adjacent to an activating group) is 1. The molecular formula is C32H35FN6O2. The van der Waals surface area contributed by atoms with E-state index in [4.69, 9.17) is 9.72 Å². The average molecular weight is 555 g/mol. The number of halogens is 1. The second-order valence-corrected chi connectivity index (χ2v) is 10.7. The van der Waals surface area contributed by atoms with Gasteiger partial charge >= 0.3 is 0 Å². The zero-order valence-corrected chi connectivity index (χ0v) is 23.6. The second kappa shape index (κ2) is 11.8. The van der Waals surface area contributed by atoms with Crippen LogP contribution in [0.1, 0.15) is 31.4 Å². The highest BCUT2D eigenvalue weighted by molar-refractivity contribution is 5.93. The number of benzene rings is 3. The smallest absolute Gasteiger partial charge is 0.259 e. The number of nitrogens with one attached hydrogen (secondary N) is 1. The Morgan fingerprint density at radius 3 is 2.51 bits per heavy atom. The van der Waals surface area contributed by atoms with Crippen LogP contribution in [-0.2, 0) is 13.1 Å². The maximum absolute atomic E-state index is 13.7. The third-order valence-corrected chi connectivity index (χ3v) is 7.77. The lowest BCUT2D eigenvalue weighted by Crippen LogP contribution is -2.45. The van der Waals surface area contributed by atoms with Crippen molar-refractivity contribution < 1.29 is 9.13 Å². The fourth-order valence-electron chi connectivity index (χ4n) is 5.50. The molecule has 212 valence electrons. The minimum atomic E-state index is -0.282. The molecule has 1 aliphatic rings. The summed E-state index contributed by atoms with van der Waals surface area (Å²) < 4.78 is 21.7. The number of nitrogens with zero attached hydrogens (tertiary/aromatic N) is 5. The molecule has 0 unspecified atom stereocenters. The molecule has 0 aliphatic carbocycles. The summed E-state index contributed by atoms with van der Waals surface area (Å²) in [7, 11) is 0. The molecule has 0 saturated carbocycles. The Bertz CT molecular complexity index is 1740. The summed E-state index contributed by atoms with van der Waals surface area (Å²) in [4.78, 5) is 30.8. The fraction of sp³-hybridized carbons (Fsp3) is 0.344. The van der Waals surface area contributed by atoms with Gasteiger partial charge in [-0.05, 0) is 60.5 Å². The van der Waals surface area contributed by atoms with Crippen molar-refractivity contribution in [2.75, 3.05) is 39.3 Å². The number of hydrogen-bond acceptors (Lipinski definition) is 6. The van der Waals surface area contributed by atoms with Crippen LogP contribution in [0.2, 0.25) is 0 Å². The molecule has 2 aromatic heterocycles. The van der Waals surface area contributed by atoms with Crippen molar-refractivity contribution in [1.29, 1.82) is 0 Å². The SMILES string of the molecule is CCCOc1ccc(CN2CCN(CC)CC2)cc1-c1nc2cc3ncn(Cc4cccc(F)c4)c3cc2c(=O)[nH]1. The summed E-state index contributed by atoms with van der Waals surface area (Å²) in [6.45, 7) is 11.4. The first-order valence-corrected chi connectivity index (χ1v) is 14.3. The normalized spacial score (nSPS) is 14.7. The van der Waals surface area contributed by atoms with Crippen LogP contribution in [0.3, 0.4) is 0 Å². The van der Waals surface area contributed by atoms with Crippen LogP contribution in [0, 0.1) is 5.82 Å². The number of aromatic nitrogens is 4. The second-order valence-electron chi connectivity index (χ2n) is 10.7. The minimum absolute atomic E-state index is 0.229. The predicted octanol–water partition coefficient (Wildman–Crippen LogP) is 5.05. The van der Waals surface area contributed by atoms with Crippen LogP contribution < -0.4 is 10.3 Å². The Labute approximate surface area is 238 Å². The van der Waals surface area contributed by atoms with E-state index >= 15 is 0 Å². The van der Waals surface area contributed by atoms with Crippen molar-refractivity contribution in [2.45, 2.75) is 33.4 Å². The zero-order chi connectivity index (χ0) is 28.3. The van der Waals surface area contributed by atoms with Gasteiger partial charge in [-0.25, -0.2) is 14.4 Å². The zero-order valence-electron chi connectivity index (χ0n) is 23.6. The first-order chi connectivity index (χ1) is 20.0. The van der Waals surface area contributed by atoms with Crippen molar-refractivity contribution in [3.63, 3.8) is 0 Å². The first kappa shape index (κ1) is 27.1. The number of aromatic amines is 1. The molecule has 9 heteroatoms. The summed E-state index contributed by atoms with van der Waals surface area (Å²) >= 11 is 0. The van der Waals surface area contributed by atoms with Gasteiger partial charge in [0.1, 0.15) is 17.4 Å². The summed E-state index contributed by atoms with van der Waals surface area (Å²) in [6.07, 6.45) is 2.59. The summed E-state index contributed by atoms with van der Waals surface area (Å²) in [5.41, 5.74) is 4.60.